The fourth-order valence-electron chi connectivity index (χ4n) is 4.50. The molecule has 5 rings (SSSR count). The van der Waals surface area contributed by atoms with E-state index < -0.39 is 6.17 Å². The number of rotatable bonds is 3. The van der Waals surface area contributed by atoms with Crippen molar-refractivity contribution in [2.24, 2.45) is 0 Å². The highest BCUT2D eigenvalue weighted by atomic mass is 19.1. The van der Waals surface area contributed by atoms with Crippen molar-refractivity contribution in [3.05, 3.63) is 42.7 Å². The summed E-state index contributed by atoms with van der Waals surface area (Å²) in [6.07, 6.45) is 5.24. The van der Waals surface area contributed by atoms with E-state index in [1.807, 2.05) is 36.2 Å². The number of nitrogens with one attached hydrogen (secondary N) is 1. The van der Waals surface area contributed by atoms with Gasteiger partial charge < -0.3 is 15.3 Å². The number of nitrogens with zero attached hydrogens (tertiary/aromatic N) is 4. The van der Waals surface area contributed by atoms with Crippen LogP contribution in [0.2, 0.25) is 0 Å². The number of benzene rings is 1. The average Bonchev–Trinajstić information content (AvgIpc) is 3.13. The Morgan fingerprint density at radius 3 is 2.86 bits per heavy atom. The number of fused-ring (bicyclic) bond motifs is 3. The molecule has 3 aromatic rings. The third-order valence-electron chi connectivity index (χ3n) is 6.09. The lowest BCUT2D eigenvalue weighted by atomic mass is 9.96. The molecule has 28 heavy (non-hydrogen) atoms. The predicted molar refractivity (Wildman–Crippen MR) is 106 cm³/mol. The van der Waals surface area contributed by atoms with Gasteiger partial charge in [0.15, 0.2) is 5.82 Å². The van der Waals surface area contributed by atoms with Crippen molar-refractivity contribution in [1.29, 1.82) is 0 Å². The van der Waals surface area contributed by atoms with Crippen molar-refractivity contribution in [2.75, 3.05) is 11.9 Å². The quantitative estimate of drug-likeness (QED) is 0.729. The summed E-state index contributed by atoms with van der Waals surface area (Å²) in [5.41, 5.74) is 1.17. The third kappa shape index (κ3) is 2.86. The maximum absolute atomic E-state index is 14.8. The second-order valence-electron chi connectivity index (χ2n) is 7.77. The molecule has 4 atom stereocenters. The van der Waals surface area contributed by atoms with Crippen LogP contribution in [0, 0.1) is 0 Å². The van der Waals surface area contributed by atoms with Crippen molar-refractivity contribution in [1.82, 2.24) is 20.5 Å². The van der Waals surface area contributed by atoms with Crippen LogP contribution in [0.3, 0.4) is 0 Å². The first-order valence-electron chi connectivity index (χ1n) is 9.64. The Morgan fingerprint density at radius 1 is 1.14 bits per heavy atom. The molecule has 144 valence electrons. The molecule has 0 saturated carbocycles. The van der Waals surface area contributed by atoms with E-state index in [-0.39, 0.29) is 17.8 Å². The molecule has 2 aromatic heterocycles. The molecule has 4 heterocycles. The second-order valence-corrected chi connectivity index (χ2v) is 7.77. The number of pyridine rings is 1. The SMILES string of the molecule is CN(c1ccc(-c2cc3cnccc3cc2O)nn1)[C@@H]1CC2CCC(N2)[C@@H]1F. The topological polar surface area (TPSA) is 74.2 Å². The van der Waals surface area contributed by atoms with Crippen molar-refractivity contribution in [3.8, 4) is 17.0 Å². The van der Waals surface area contributed by atoms with Gasteiger partial charge in [-0.2, -0.15) is 0 Å². The monoisotopic (exact) mass is 379 g/mol. The van der Waals surface area contributed by atoms with Crippen LogP contribution in [0.1, 0.15) is 19.3 Å². The second kappa shape index (κ2) is 6.67. The van der Waals surface area contributed by atoms with Crippen molar-refractivity contribution in [2.45, 2.75) is 43.6 Å². The number of alkyl halides is 1. The molecular formula is C21H22FN5O. The van der Waals surface area contributed by atoms with Crippen molar-refractivity contribution in [3.63, 3.8) is 0 Å². The summed E-state index contributed by atoms with van der Waals surface area (Å²) in [6.45, 7) is 0. The number of aromatic nitrogens is 3. The smallest absolute Gasteiger partial charge is 0.151 e. The number of hydrogen-bond acceptors (Lipinski definition) is 6. The van der Waals surface area contributed by atoms with Gasteiger partial charge in [0.25, 0.3) is 0 Å². The number of anilines is 1. The van der Waals surface area contributed by atoms with Gasteiger partial charge in [-0.1, -0.05) is 0 Å². The zero-order valence-corrected chi connectivity index (χ0v) is 15.6. The number of piperidine rings is 1. The van der Waals surface area contributed by atoms with E-state index in [1.165, 1.54) is 0 Å². The van der Waals surface area contributed by atoms with Crippen LogP contribution in [0.25, 0.3) is 22.0 Å². The minimum atomic E-state index is -0.915. The average molecular weight is 379 g/mol. The summed E-state index contributed by atoms with van der Waals surface area (Å²) in [6, 6.07) is 9.20. The lowest BCUT2D eigenvalue weighted by Crippen LogP contribution is -2.55. The van der Waals surface area contributed by atoms with E-state index in [0.29, 0.717) is 23.1 Å². The van der Waals surface area contributed by atoms with Gasteiger partial charge in [0.2, 0.25) is 0 Å². The summed E-state index contributed by atoms with van der Waals surface area (Å²) in [5, 5.41) is 24.2. The van der Waals surface area contributed by atoms with Crippen LogP contribution in [-0.4, -0.2) is 51.6 Å². The molecule has 2 unspecified atom stereocenters. The molecular weight excluding hydrogens is 357 g/mol. The Hall–Kier alpha value is -2.80. The predicted octanol–water partition coefficient (Wildman–Crippen LogP) is 3.06. The minimum absolute atomic E-state index is 0.0541. The summed E-state index contributed by atoms with van der Waals surface area (Å²) < 4.78 is 14.8. The van der Waals surface area contributed by atoms with E-state index >= 15 is 0 Å². The Kier molecular flexibility index (Phi) is 4.12. The number of phenols is 1. The van der Waals surface area contributed by atoms with E-state index in [1.54, 1.807) is 18.5 Å². The van der Waals surface area contributed by atoms with Crippen LogP contribution >= 0.6 is 0 Å². The summed E-state index contributed by atoms with van der Waals surface area (Å²) in [4.78, 5) is 6.03. The zero-order valence-electron chi connectivity index (χ0n) is 15.6. The van der Waals surface area contributed by atoms with Crippen LogP contribution in [-0.2, 0) is 0 Å². The molecule has 1 aromatic carbocycles. The molecule has 2 fully saturated rings. The van der Waals surface area contributed by atoms with Gasteiger partial charge in [-0.15, -0.1) is 10.2 Å². The van der Waals surface area contributed by atoms with Gasteiger partial charge in [0, 0.05) is 42.5 Å². The molecule has 2 bridgehead atoms. The highest BCUT2D eigenvalue weighted by Gasteiger charge is 2.43. The van der Waals surface area contributed by atoms with Gasteiger partial charge >= 0.3 is 0 Å². The Labute approximate surface area is 162 Å². The van der Waals surface area contributed by atoms with Crippen LogP contribution in [0.15, 0.2) is 42.7 Å². The van der Waals surface area contributed by atoms with Gasteiger partial charge in [-0.3, -0.25) is 4.98 Å². The summed E-state index contributed by atoms with van der Waals surface area (Å²) >= 11 is 0. The lowest BCUT2D eigenvalue weighted by Gasteiger charge is -2.38. The van der Waals surface area contributed by atoms with E-state index in [2.05, 4.69) is 20.5 Å². The fraction of sp³-hybridized carbons (Fsp3) is 0.381. The molecule has 0 radical (unpaired) electrons. The normalized spacial score (nSPS) is 26.5. The zero-order chi connectivity index (χ0) is 19.3. The third-order valence-corrected chi connectivity index (χ3v) is 6.09. The molecule has 0 amide bonds. The van der Waals surface area contributed by atoms with Gasteiger partial charge in [-0.05, 0) is 55.0 Å². The van der Waals surface area contributed by atoms with Gasteiger partial charge in [-0.25, -0.2) is 4.39 Å². The summed E-state index contributed by atoms with van der Waals surface area (Å²) in [7, 11) is 1.88. The highest BCUT2D eigenvalue weighted by molar-refractivity contribution is 5.89. The van der Waals surface area contributed by atoms with Crippen molar-refractivity contribution >= 4 is 16.6 Å². The molecule has 6 nitrogen and oxygen atoms in total. The van der Waals surface area contributed by atoms with Crippen LogP contribution < -0.4 is 10.2 Å². The maximum Gasteiger partial charge on any atom is 0.151 e. The molecule has 0 aliphatic carbocycles. The number of hydrogen-bond donors (Lipinski definition) is 2. The number of aromatic hydroxyl groups is 1. The van der Waals surface area contributed by atoms with Crippen molar-refractivity contribution < 1.29 is 9.50 Å². The largest absolute Gasteiger partial charge is 0.507 e. The number of phenolic OH excluding ortho intramolecular Hbond substituents is 1. The molecule has 0 spiro atoms. The highest BCUT2D eigenvalue weighted by Crippen LogP contribution is 2.34. The number of halogens is 1. The van der Waals surface area contributed by atoms with Gasteiger partial charge in [0.05, 0.1) is 11.7 Å². The van der Waals surface area contributed by atoms with Crippen LogP contribution in [0.5, 0.6) is 5.75 Å². The Morgan fingerprint density at radius 2 is 2.04 bits per heavy atom. The molecule has 2 N–H and O–H groups in total. The van der Waals surface area contributed by atoms with Gasteiger partial charge in [0.1, 0.15) is 11.9 Å². The van der Waals surface area contributed by atoms with Crippen LogP contribution in [0.4, 0.5) is 10.2 Å². The Balaban J connectivity index is 1.42. The minimum Gasteiger partial charge on any atom is -0.507 e. The summed E-state index contributed by atoms with van der Waals surface area (Å²) in [5.74, 6) is 0.785. The molecule has 2 aliphatic rings. The molecule has 7 heteroatoms. The molecule has 2 saturated heterocycles. The first-order chi connectivity index (χ1) is 13.6. The fourth-order valence-corrected chi connectivity index (χ4v) is 4.50. The Bertz CT molecular complexity index is 1010. The maximum atomic E-state index is 14.8. The molecule has 2 aliphatic heterocycles. The van der Waals surface area contributed by atoms with E-state index in [9.17, 15) is 9.50 Å². The van der Waals surface area contributed by atoms with E-state index in [0.717, 1.165) is 30.0 Å². The first kappa shape index (κ1) is 17.3. The standard InChI is InChI=1S/C21H22FN5O/c1-27(18-10-14-2-3-17(24-14)21(18)22)20-5-4-16(25-26-20)15-8-13-11-23-7-6-12(13)9-19(15)28/h4-9,11,14,17-18,21,24,28H,2-3,10H2,1H3/t14?,17?,18-,21+/m1/s1. The first-order valence-corrected chi connectivity index (χ1v) is 9.64. The van der Waals surface area contributed by atoms with E-state index in [4.69, 9.17) is 0 Å². The lowest BCUT2D eigenvalue weighted by molar-refractivity contribution is 0.176.